The van der Waals surface area contributed by atoms with Crippen molar-refractivity contribution >= 4 is 82.5 Å². The Balaban J connectivity index is 1.25. The third-order valence-corrected chi connectivity index (χ3v) is 11.6. The minimum Gasteiger partial charge on any atom is -0.454 e. The second-order valence-corrected chi connectivity index (χ2v) is 15.0. The average molecular weight is 755 g/mol. The monoisotopic (exact) mass is 754 g/mol. The summed E-state index contributed by atoms with van der Waals surface area (Å²) in [5.41, 5.74) is 11.7. The molecule has 59 heavy (non-hydrogen) atoms. The Morgan fingerprint density at radius 2 is 0.983 bits per heavy atom. The Hall–Kier alpha value is -8.02. The lowest BCUT2D eigenvalue weighted by Crippen LogP contribution is -2.10. The molecule has 0 aliphatic rings. The molecule has 0 amide bonds. The summed E-state index contributed by atoms with van der Waals surface area (Å²) in [6.07, 6.45) is 0. The highest BCUT2D eigenvalue weighted by molar-refractivity contribution is 6.35. The van der Waals surface area contributed by atoms with E-state index >= 15 is 0 Å². The minimum atomic E-state index is 0.577. The first-order chi connectivity index (χ1) is 29.3. The van der Waals surface area contributed by atoms with Crippen molar-refractivity contribution in [2.24, 2.45) is 0 Å². The fourth-order valence-electron chi connectivity index (χ4n) is 8.95. The van der Waals surface area contributed by atoms with E-state index in [1.165, 1.54) is 0 Å². The maximum atomic E-state index is 7.16. The van der Waals surface area contributed by atoms with Gasteiger partial charge in [0.2, 0.25) is 5.95 Å². The summed E-state index contributed by atoms with van der Waals surface area (Å²) in [7, 11) is 0. The molecule has 3 aromatic heterocycles. The zero-order valence-electron chi connectivity index (χ0n) is 31.8. The van der Waals surface area contributed by atoms with E-state index in [2.05, 4.69) is 198 Å². The van der Waals surface area contributed by atoms with Gasteiger partial charge in [-0.1, -0.05) is 152 Å². The molecule has 12 aromatic rings. The maximum absolute atomic E-state index is 7.16. The van der Waals surface area contributed by atoms with Crippen LogP contribution >= 0.6 is 0 Å². The molecule has 0 N–H and O–H groups in total. The van der Waals surface area contributed by atoms with Crippen molar-refractivity contribution in [3.63, 3.8) is 0 Å². The first-order valence-electron chi connectivity index (χ1n) is 19.9. The number of hydrogen-bond donors (Lipinski definition) is 0. The van der Waals surface area contributed by atoms with E-state index in [9.17, 15) is 0 Å². The molecule has 0 fully saturated rings. The molecule has 9 aromatic carbocycles. The summed E-state index contributed by atoms with van der Waals surface area (Å²) in [5, 5.41) is 7.62. The van der Waals surface area contributed by atoms with Gasteiger partial charge in [0, 0.05) is 49.6 Å². The predicted molar refractivity (Wildman–Crippen MR) is 244 cm³/mol. The lowest BCUT2D eigenvalue weighted by molar-refractivity contribution is 0.671. The molecule has 0 aliphatic carbocycles. The lowest BCUT2D eigenvalue weighted by Gasteiger charge is -2.25. The van der Waals surface area contributed by atoms with Crippen molar-refractivity contribution in [3.8, 4) is 28.3 Å². The Labute approximate surface area is 339 Å². The van der Waals surface area contributed by atoms with Gasteiger partial charge in [-0.15, -0.1) is 0 Å². The molecule has 5 heteroatoms. The Morgan fingerprint density at radius 1 is 0.407 bits per heavy atom. The second-order valence-electron chi connectivity index (χ2n) is 15.0. The molecule has 3 heterocycles. The normalized spacial score (nSPS) is 11.7. The Morgan fingerprint density at radius 3 is 1.68 bits per heavy atom. The van der Waals surface area contributed by atoms with Crippen molar-refractivity contribution in [3.05, 3.63) is 206 Å². The van der Waals surface area contributed by atoms with Crippen molar-refractivity contribution in [1.29, 1.82) is 0 Å². The van der Waals surface area contributed by atoms with E-state index in [-0.39, 0.29) is 0 Å². The topological polar surface area (TPSA) is 47.1 Å². The van der Waals surface area contributed by atoms with Crippen molar-refractivity contribution in [1.82, 2.24) is 14.5 Å². The number of nitrogens with zero attached hydrogens (tertiary/aromatic N) is 4. The van der Waals surface area contributed by atoms with E-state index in [1.807, 2.05) is 18.2 Å². The molecule has 0 spiro atoms. The number of anilines is 3. The summed E-state index contributed by atoms with van der Waals surface area (Å²) < 4.78 is 9.41. The summed E-state index contributed by atoms with van der Waals surface area (Å²) in [6, 6.07) is 72.3. The van der Waals surface area contributed by atoms with Gasteiger partial charge < -0.3 is 9.32 Å². The van der Waals surface area contributed by atoms with E-state index in [1.54, 1.807) is 0 Å². The third kappa shape index (κ3) is 5.25. The molecule has 0 saturated carbocycles. The van der Waals surface area contributed by atoms with Crippen LogP contribution in [0.2, 0.25) is 0 Å². The summed E-state index contributed by atoms with van der Waals surface area (Å²) in [6.45, 7) is 0. The number of furan rings is 1. The van der Waals surface area contributed by atoms with Gasteiger partial charge in [0.15, 0.2) is 5.58 Å². The lowest BCUT2D eigenvalue weighted by atomic mass is 9.97. The molecule has 0 bridgehead atoms. The van der Waals surface area contributed by atoms with Crippen LogP contribution in [-0.2, 0) is 0 Å². The van der Waals surface area contributed by atoms with Crippen LogP contribution in [0.15, 0.2) is 211 Å². The summed E-state index contributed by atoms with van der Waals surface area (Å²) in [4.78, 5) is 13.2. The standard InChI is InChI=1S/C54H34N4O/c1-5-17-35(18-6-1)37-29-31-45-48(33-37)59-53-50(45)42-26-14-13-25-41(42)49-44-32-30-40(57(38-21-9-3-10-22-38)39-23-11-4-12-24-39)34-47(44)58(52(49)53)54-55-46-28-16-15-27-43(46)51(56-54)36-19-7-2-8-20-36/h1-34H. The van der Waals surface area contributed by atoms with Gasteiger partial charge >= 0.3 is 0 Å². The highest BCUT2D eigenvalue weighted by atomic mass is 16.3. The number of aromatic nitrogens is 3. The quantitative estimate of drug-likeness (QED) is 0.170. The van der Waals surface area contributed by atoms with E-state index < -0.39 is 0 Å². The van der Waals surface area contributed by atoms with Gasteiger partial charge in [-0.25, -0.2) is 9.97 Å². The van der Waals surface area contributed by atoms with Crippen LogP contribution < -0.4 is 4.90 Å². The zero-order valence-corrected chi connectivity index (χ0v) is 31.8. The first-order valence-corrected chi connectivity index (χ1v) is 19.9. The van der Waals surface area contributed by atoms with Crippen LogP contribution in [0, 0.1) is 0 Å². The Bertz CT molecular complexity index is 3500. The molecular weight excluding hydrogens is 721 g/mol. The highest BCUT2D eigenvalue weighted by Gasteiger charge is 2.26. The van der Waals surface area contributed by atoms with Crippen molar-refractivity contribution < 1.29 is 4.42 Å². The van der Waals surface area contributed by atoms with Gasteiger partial charge in [-0.05, 0) is 76.5 Å². The third-order valence-electron chi connectivity index (χ3n) is 11.6. The van der Waals surface area contributed by atoms with Crippen molar-refractivity contribution in [2.75, 3.05) is 4.90 Å². The smallest absolute Gasteiger partial charge is 0.235 e. The van der Waals surface area contributed by atoms with E-state index in [0.717, 1.165) is 105 Å². The van der Waals surface area contributed by atoms with Gasteiger partial charge in [0.05, 0.1) is 16.7 Å². The number of benzene rings is 9. The van der Waals surface area contributed by atoms with Crippen molar-refractivity contribution in [2.45, 2.75) is 0 Å². The van der Waals surface area contributed by atoms with Crippen LogP contribution in [-0.4, -0.2) is 14.5 Å². The molecule has 5 nitrogen and oxygen atoms in total. The summed E-state index contributed by atoms with van der Waals surface area (Å²) >= 11 is 0. The van der Waals surface area contributed by atoms with Gasteiger partial charge in [0.1, 0.15) is 11.1 Å². The molecule has 0 radical (unpaired) electrons. The Kier molecular flexibility index (Phi) is 7.47. The number of fused-ring (bicyclic) bond motifs is 11. The number of rotatable bonds is 6. The number of hydrogen-bond acceptors (Lipinski definition) is 4. The maximum Gasteiger partial charge on any atom is 0.235 e. The fourth-order valence-corrected chi connectivity index (χ4v) is 8.95. The average Bonchev–Trinajstić information content (AvgIpc) is 3.86. The molecule has 0 aliphatic heterocycles. The van der Waals surface area contributed by atoms with Gasteiger partial charge in [0.25, 0.3) is 0 Å². The van der Waals surface area contributed by atoms with Crippen LogP contribution in [0.5, 0.6) is 0 Å². The van der Waals surface area contributed by atoms with E-state index in [0.29, 0.717) is 5.95 Å². The van der Waals surface area contributed by atoms with Crippen LogP contribution in [0.25, 0.3) is 93.8 Å². The van der Waals surface area contributed by atoms with Gasteiger partial charge in [-0.2, -0.15) is 0 Å². The molecule has 0 atom stereocenters. The van der Waals surface area contributed by atoms with Crippen LogP contribution in [0.3, 0.4) is 0 Å². The van der Waals surface area contributed by atoms with E-state index in [4.69, 9.17) is 14.4 Å². The van der Waals surface area contributed by atoms with Crippen LogP contribution in [0.4, 0.5) is 17.1 Å². The number of para-hydroxylation sites is 3. The molecule has 0 unspecified atom stereocenters. The molecule has 0 saturated heterocycles. The second kappa shape index (κ2) is 13.3. The zero-order chi connectivity index (χ0) is 38.9. The summed E-state index contributed by atoms with van der Waals surface area (Å²) in [5.74, 6) is 0.577. The molecule has 276 valence electrons. The fraction of sp³-hybridized carbons (Fsp3) is 0. The first kappa shape index (κ1) is 33.2. The van der Waals surface area contributed by atoms with Crippen LogP contribution in [0.1, 0.15) is 0 Å². The molecular formula is C54H34N4O. The largest absolute Gasteiger partial charge is 0.454 e. The SMILES string of the molecule is c1ccc(-c2ccc3c(c2)oc2c3c3ccccc3c3c4ccc(N(c5ccccc5)c5ccccc5)cc4n(-c4nc(-c5ccccc5)c5ccccc5n4)c23)cc1. The highest BCUT2D eigenvalue weighted by Crippen LogP contribution is 2.47. The predicted octanol–water partition coefficient (Wildman–Crippen LogP) is 14.6. The minimum absolute atomic E-state index is 0.577. The van der Waals surface area contributed by atoms with Gasteiger partial charge in [-0.3, -0.25) is 4.57 Å². The molecule has 12 rings (SSSR count).